The normalized spacial score (nSPS) is 17.2. The maximum Gasteiger partial charge on any atom is 0.261 e. The van der Waals surface area contributed by atoms with E-state index in [4.69, 9.17) is 9.72 Å². The van der Waals surface area contributed by atoms with Gasteiger partial charge in [-0.05, 0) is 71.8 Å². The van der Waals surface area contributed by atoms with E-state index in [1.54, 1.807) is 11.3 Å². The largest absolute Gasteiger partial charge is 0.484 e. The molecule has 3 aromatic rings. The maximum absolute atomic E-state index is 12.7. The van der Waals surface area contributed by atoms with Crippen molar-refractivity contribution in [3.63, 3.8) is 0 Å². The van der Waals surface area contributed by atoms with Crippen molar-refractivity contribution < 1.29 is 9.53 Å². The Labute approximate surface area is 164 Å². The Balaban J connectivity index is 1.46. The van der Waals surface area contributed by atoms with Gasteiger partial charge in [0.1, 0.15) is 10.8 Å². The van der Waals surface area contributed by atoms with Crippen molar-refractivity contribution >= 4 is 50.1 Å². The molecule has 1 aromatic heterocycles. The van der Waals surface area contributed by atoms with Gasteiger partial charge < -0.3 is 9.64 Å². The first-order valence-electron chi connectivity index (χ1n) is 8.24. The van der Waals surface area contributed by atoms with Crippen molar-refractivity contribution in [1.82, 2.24) is 9.88 Å². The average molecular weight is 464 g/mol. The van der Waals surface area contributed by atoms with E-state index in [0.29, 0.717) is 0 Å². The topological polar surface area (TPSA) is 42.4 Å². The number of thiazole rings is 1. The second kappa shape index (κ2) is 7.29. The minimum absolute atomic E-state index is 0.0281. The maximum atomic E-state index is 12.7. The Kier molecular flexibility index (Phi) is 4.89. The minimum Gasteiger partial charge on any atom is -0.484 e. The summed E-state index contributed by atoms with van der Waals surface area (Å²) in [7, 11) is 0. The highest BCUT2D eigenvalue weighted by atomic mass is 127. The number of aromatic nitrogens is 1. The number of rotatable bonds is 4. The van der Waals surface area contributed by atoms with E-state index in [1.807, 2.05) is 47.4 Å². The van der Waals surface area contributed by atoms with Crippen molar-refractivity contribution in [2.75, 3.05) is 13.2 Å². The monoisotopic (exact) mass is 464 g/mol. The highest BCUT2D eigenvalue weighted by Gasteiger charge is 2.32. The van der Waals surface area contributed by atoms with Crippen LogP contribution in [0.3, 0.4) is 0 Å². The van der Waals surface area contributed by atoms with Crippen LogP contribution in [0.4, 0.5) is 0 Å². The molecule has 0 bridgehead atoms. The van der Waals surface area contributed by atoms with E-state index in [2.05, 4.69) is 28.7 Å². The van der Waals surface area contributed by atoms with Crippen LogP contribution in [0, 0.1) is 3.57 Å². The van der Waals surface area contributed by atoms with Crippen LogP contribution in [0.5, 0.6) is 5.75 Å². The molecule has 4 rings (SSSR count). The van der Waals surface area contributed by atoms with E-state index < -0.39 is 0 Å². The lowest BCUT2D eigenvalue weighted by atomic mass is 10.2. The van der Waals surface area contributed by atoms with Crippen LogP contribution in [-0.4, -0.2) is 28.9 Å². The molecule has 0 spiro atoms. The van der Waals surface area contributed by atoms with Crippen molar-refractivity contribution in [1.29, 1.82) is 0 Å². The van der Waals surface area contributed by atoms with E-state index in [9.17, 15) is 4.79 Å². The Morgan fingerprint density at radius 3 is 2.84 bits per heavy atom. The summed E-state index contributed by atoms with van der Waals surface area (Å²) in [6.45, 7) is 0.845. The number of hydrogen-bond donors (Lipinski definition) is 0. The summed E-state index contributed by atoms with van der Waals surface area (Å²) in [6, 6.07) is 15.9. The summed E-state index contributed by atoms with van der Waals surface area (Å²) in [6.07, 6.45) is 1.98. The SMILES string of the molecule is O=C(COc1ccc(I)cc1)N1CCCC1c1nc2ccccc2s1. The molecule has 1 unspecified atom stereocenters. The lowest BCUT2D eigenvalue weighted by Crippen LogP contribution is -2.34. The average Bonchev–Trinajstić information content (AvgIpc) is 3.27. The molecule has 1 saturated heterocycles. The predicted octanol–water partition coefficient (Wildman–Crippen LogP) is 4.64. The molecule has 0 saturated carbocycles. The van der Waals surface area contributed by atoms with Gasteiger partial charge in [-0.15, -0.1) is 11.3 Å². The number of hydrogen-bond acceptors (Lipinski definition) is 4. The number of halogens is 1. The van der Waals surface area contributed by atoms with Gasteiger partial charge >= 0.3 is 0 Å². The summed E-state index contributed by atoms with van der Waals surface area (Å²) in [5.41, 5.74) is 1.01. The van der Waals surface area contributed by atoms with Gasteiger partial charge in [-0.2, -0.15) is 0 Å². The lowest BCUT2D eigenvalue weighted by Gasteiger charge is -2.23. The third-order valence-electron chi connectivity index (χ3n) is 4.34. The fourth-order valence-electron chi connectivity index (χ4n) is 3.11. The molecule has 1 fully saturated rings. The van der Waals surface area contributed by atoms with Gasteiger partial charge in [-0.25, -0.2) is 4.98 Å². The Morgan fingerprint density at radius 2 is 2.04 bits per heavy atom. The molecule has 2 aromatic carbocycles. The smallest absolute Gasteiger partial charge is 0.261 e. The molecule has 4 nitrogen and oxygen atoms in total. The molecular formula is C19H17IN2O2S. The number of ether oxygens (including phenoxy) is 1. The van der Waals surface area contributed by atoms with Crippen molar-refractivity contribution in [3.05, 3.63) is 57.1 Å². The van der Waals surface area contributed by atoms with Crippen molar-refractivity contribution in [3.8, 4) is 5.75 Å². The highest BCUT2D eigenvalue weighted by molar-refractivity contribution is 14.1. The van der Waals surface area contributed by atoms with Crippen molar-refractivity contribution in [2.45, 2.75) is 18.9 Å². The fourth-order valence-corrected chi connectivity index (χ4v) is 4.59. The van der Waals surface area contributed by atoms with E-state index in [-0.39, 0.29) is 18.6 Å². The Morgan fingerprint density at radius 1 is 1.24 bits per heavy atom. The molecular weight excluding hydrogens is 447 g/mol. The van der Waals surface area contributed by atoms with Gasteiger partial charge in [-0.1, -0.05) is 12.1 Å². The van der Waals surface area contributed by atoms with Crippen LogP contribution in [0.1, 0.15) is 23.9 Å². The fraction of sp³-hybridized carbons (Fsp3) is 0.263. The molecule has 128 valence electrons. The number of amides is 1. The van der Waals surface area contributed by atoms with Crippen LogP contribution in [0.2, 0.25) is 0 Å². The standard InChI is InChI=1S/C19H17IN2O2S/c20-13-7-9-14(10-8-13)24-12-18(23)22-11-3-5-16(22)19-21-15-4-1-2-6-17(15)25-19/h1-2,4,6-10,16H,3,5,11-12H2. The van der Waals surface area contributed by atoms with Gasteiger partial charge in [0.15, 0.2) is 6.61 Å². The molecule has 2 heterocycles. The van der Waals surface area contributed by atoms with Crippen LogP contribution in [0.25, 0.3) is 10.2 Å². The third kappa shape index (κ3) is 3.64. The molecule has 0 aliphatic carbocycles. The molecule has 1 atom stereocenters. The summed E-state index contributed by atoms with van der Waals surface area (Å²) >= 11 is 3.93. The molecule has 25 heavy (non-hydrogen) atoms. The zero-order chi connectivity index (χ0) is 17.2. The Bertz CT molecular complexity index is 861. The minimum atomic E-state index is 0.0281. The zero-order valence-corrected chi connectivity index (χ0v) is 16.5. The highest BCUT2D eigenvalue weighted by Crippen LogP contribution is 2.36. The molecule has 0 N–H and O–H groups in total. The quantitative estimate of drug-likeness (QED) is 0.529. The first-order valence-corrected chi connectivity index (χ1v) is 10.1. The lowest BCUT2D eigenvalue weighted by molar-refractivity contribution is -0.134. The van der Waals surface area contributed by atoms with Crippen LogP contribution in [0.15, 0.2) is 48.5 Å². The second-order valence-electron chi connectivity index (χ2n) is 6.01. The molecule has 1 amide bonds. The predicted molar refractivity (Wildman–Crippen MR) is 108 cm³/mol. The zero-order valence-electron chi connectivity index (χ0n) is 13.5. The summed E-state index contributed by atoms with van der Waals surface area (Å²) in [5, 5.41) is 1.03. The van der Waals surface area contributed by atoms with E-state index in [0.717, 1.165) is 39.2 Å². The van der Waals surface area contributed by atoms with Crippen LogP contribution >= 0.6 is 33.9 Å². The van der Waals surface area contributed by atoms with Gasteiger partial charge in [0.2, 0.25) is 0 Å². The van der Waals surface area contributed by atoms with Gasteiger partial charge in [-0.3, -0.25) is 4.79 Å². The number of benzene rings is 2. The number of para-hydroxylation sites is 1. The summed E-state index contributed by atoms with van der Waals surface area (Å²) < 4.78 is 7.98. The molecule has 1 aliphatic rings. The molecule has 1 aliphatic heterocycles. The second-order valence-corrected chi connectivity index (χ2v) is 8.32. The van der Waals surface area contributed by atoms with Gasteiger partial charge in [0.05, 0.1) is 16.3 Å². The number of carbonyl (C=O) groups excluding carboxylic acids is 1. The van der Waals surface area contributed by atoms with E-state index in [1.165, 1.54) is 4.70 Å². The van der Waals surface area contributed by atoms with Crippen LogP contribution in [-0.2, 0) is 4.79 Å². The molecule has 6 heteroatoms. The summed E-state index contributed by atoms with van der Waals surface area (Å²) in [4.78, 5) is 19.3. The Hall–Kier alpha value is -1.67. The third-order valence-corrected chi connectivity index (χ3v) is 6.20. The van der Waals surface area contributed by atoms with Crippen LogP contribution < -0.4 is 4.74 Å². The van der Waals surface area contributed by atoms with Crippen molar-refractivity contribution in [2.24, 2.45) is 0 Å². The number of nitrogens with zero attached hydrogens (tertiary/aromatic N) is 2. The molecule has 0 radical (unpaired) electrons. The number of fused-ring (bicyclic) bond motifs is 1. The van der Waals surface area contributed by atoms with Gasteiger partial charge in [0, 0.05) is 10.1 Å². The first kappa shape index (κ1) is 16.8. The summed E-state index contributed by atoms with van der Waals surface area (Å²) in [5.74, 6) is 0.754. The van der Waals surface area contributed by atoms with E-state index >= 15 is 0 Å². The first-order chi connectivity index (χ1) is 12.2. The van der Waals surface area contributed by atoms with Gasteiger partial charge in [0.25, 0.3) is 5.91 Å². The number of likely N-dealkylation sites (tertiary alicyclic amines) is 1. The number of carbonyl (C=O) groups is 1.